The zero-order valence-electron chi connectivity index (χ0n) is 9.72. The number of carboxylic acids is 1. The fourth-order valence-corrected chi connectivity index (χ4v) is 1.50. The van der Waals surface area contributed by atoms with Crippen molar-refractivity contribution in [2.75, 3.05) is 5.32 Å². The van der Waals surface area contributed by atoms with Gasteiger partial charge in [0.25, 0.3) is 5.91 Å². The van der Waals surface area contributed by atoms with E-state index >= 15 is 0 Å². The maximum atomic E-state index is 12.9. The van der Waals surface area contributed by atoms with E-state index in [1.54, 1.807) is 0 Å². The number of furan rings is 1. The predicted octanol–water partition coefficient (Wildman–Crippen LogP) is 2.30. The van der Waals surface area contributed by atoms with Gasteiger partial charge in [0.05, 0.1) is 0 Å². The highest BCUT2D eigenvalue weighted by Crippen LogP contribution is 2.13. The summed E-state index contributed by atoms with van der Waals surface area (Å²) in [7, 11) is 0. The lowest BCUT2D eigenvalue weighted by atomic mass is 10.3. The summed E-state index contributed by atoms with van der Waals surface area (Å²) >= 11 is 0. The number of carbonyl (C=O) groups excluding carboxylic acids is 1. The van der Waals surface area contributed by atoms with E-state index < -0.39 is 17.7 Å². The largest absolute Gasteiger partial charge is 0.481 e. The number of aliphatic carboxylic acids is 1. The van der Waals surface area contributed by atoms with Crippen LogP contribution in [-0.4, -0.2) is 17.0 Å². The Morgan fingerprint density at radius 1 is 1.26 bits per heavy atom. The van der Waals surface area contributed by atoms with Gasteiger partial charge in [-0.3, -0.25) is 9.59 Å². The fourth-order valence-electron chi connectivity index (χ4n) is 1.50. The van der Waals surface area contributed by atoms with Crippen molar-refractivity contribution in [3.63, 3.8) is 0 Å². The summed E-state index contributed by atoms with van der Waals surface area (Å²) in [5.74, 6) is -1.94. The van der Waals surface area contributed by atoms with Gasteiger partial charge >= 0.3 is 5.97 Å². The molecule has 1 aromatic heterocycles. The lowest BCUT2D eigenvalue weighted by Gasteiger charge is -2.02. The van der Waals surface area contributed by atoms with Crippen LogP contribution in [0.2, 0.25) is 0 Å². The van der Waals surface area contributed by atoms with Crippen molar-refractivity contribution in [3.05, 3.63) is 53.7 Å². The number of amides is 1. The first-order valence-electron chi connectivity index (χ1n) is 5.42. The Bertz CT molecular complexity index is 621. The number of rotatable bonds is 4. The SMILES string of the molecule is O=C(O)Cc1ccc(C(=O)Nc2cccc(F)c2)o1. The molecule has 98 valence electrons. The van der Waals surface area contributed by atoms with Gasteiger partial charge in [-0.1, -0.05) is 6.07 Å². The summed E-state index contributed by atoms with van der Waals surface area (Å²) in [6, 6.07) is 8.19. The molecule has 19 heavy (non-hydrogen) atoms. The van der Waals surface area contributed by atoms with Crippen molar-refractivity contribution in [1.29, 1.82) is 0 Å². The fraction of sp³-hybridized carbons (Fsp3) is 0.0769. The molecule has 0 fully saturated rings. The molecular weight excluding hydrogens is 253 g/mol. The van der Waals surface area contributed by atoms with Crippen LogP contribution in [0.4, 0.5) is 10.1 Å². The third kappa shape index (κ3) is 3.41. The van der Waals surface area contributed by atoms with Crippen LogP contribution in [0.3, 0.4) is 0 Å². The molecule has 2 aromatic rings. The second-order valence-corrected chi connectivity index (χ2v) is 3.80. The van der Waals surface area contributed by atoms with Crippen LogP contribution < -0.4 is 5.32 Å². The summed E-state index contributed by atoms with van der Waals surface area (Å²) < 4.78 is 18.0. The van der Waals surface area contributed by atoms with Crippen LogP contribution in [0.5, 0.6) is 0 Å². The van der Waals surface area contributed by atoms with Gasteiger partial charge in [-0.2, -0.15) is 0 Å². The highest BCUT2D eigenvalue weighted by atomic mass is 19.1. The minimum absolute atomic E-state index is 0.0273. The molecular formula is C13H10FNO4. The monoisotopic (exact) mass is 263 g/mol. The molecule has 1 amide bonds. The topological polar surface area (TPSA) is 79.5 Å². The van der Waals surface area contributed by atoms with Crippen LogP contribution in [0.15, 0.2) is 40.8 Å². The predicted molar refractivity (Wildman–Crippen MR) is 64.4 cm³/mol. The van der Waals surface area contributed by atoms with Crippen molar-refractivity contribution in [2.45, 2.75) is 6.42 Å². The molecule has 0 aliphatic rings. The number of carbonyl (C=O) groups is 2. The maximum Gasteiger partial charge on any atom is 0.311 e. The Morgan fingerprint density at radius 3 is 2.74 bits per heavy atom. The molecule has 2 rings (SSSR count). The molecule has 0 radical (unpaired) electrons. The first-order chi connectivity index (χ1) is 9.04. The summed E-state index contributed by atoms with van der Waals surface area (Å²) in [4.78, 5) is 22.2. The normalized spacial score (nSPS) is 10.2. The van der Waals surface area contributed by atoms with Crippen LogP contribution in [0.1, 0.15) is 16.3 Å². The number of carboxylic acid groups (broad SMARTS) is 1. The number of nitrogens with one attached hydrogen (secondary N) is 1. The van der Waals surface area contributed by atoms with Crippen LogP contribution in [-0.2, 0) is 11.2 Å². The molecule has 0 unspecified atom stereocenters. The summed E-state index contributed by atoms with van der Waals surface area (Å²) in [5.41, 5.74) is 0.293. The van der Waals surface area contributed by atoms with Gasteiger partial charge in [-0.05, 0) is 30.3 Å². The van der Waals surface area contributed by atoms with E-state index in [0.717, 1.165) is 0 Å². The zero-order valence-corrected chi connectivity index (χ0v) is 9.72. The average molecular weight is 263 g/mol. The molecule has 0 saturated carbocycles. The van der Waals surface area contributed by atoms with Gasteiger partial charge in [-0.25, -0.2) is 4.39 Å². The van der Waals surface area contributed by atoms with Crippen molar-refractivity contribution < 1.29 is 23.5 Å². The van der Waals surface area contributed by atoms with Crippen LogP contribution in [0, 0.1) is 5.82 Å². The molecule has 6 heteroatoms. The lowest BCUT2D eigenvalue weighted by Crippen LogP contribution is -2.11. The van der Waals surface area contributed by atoms with E-state index in [1.807, 2.05) is 0 Å². The Kier molecular flexibility index (Phi) is 3.61. The summed E-state index contributed by atoms with van der Waals surface area (Å²) in [6.45, 7) is 0. The van der Waals surface area contributed by atoms with Crippen molar-refractivity contribution >= 4 is 17.6 Å². The van der Waals surface area contributed by atoms with Crippen molar-refractivity contribution in [3.8, 4) is 0 Å². The van der Waals surface area contributed by atoms with Gasteiger partial charge < -0.3 is 14.8 Å². The Labute approximate surface area is 107 Å². The van der Waals surface area contributed by atoms with Crippen LogP contribution >= 0.6 is 0 Å². The van der Waals surface area contributed by atoms with Gasteiger partial charge in [0, 0.05) is 5.69 Å². The minimum Gasteiger partial charge on any atom is -0.481 e. The third-order valence-corrected chi connectivity index (χ3v) is 2.29. The van der Waals surface area contributed by atoms with Gasteiger partial charge in [-0.15, -0.1) is 0 Å². The Morgan fingerprint density at radius 2 is 2.05 bits per heavy atom. The Balaban J connectivity index is 2.07. The molecule has 2 N–H and O–H groups in total. The second kappa shape index (κ2) is 5.34. The van der Waals surface area contributed by atoms with Crippen molar-refractivity contribution in [1.82, 2.24) is 0 Å². The molecule has 0 spiro atoms. The van der Waals surface area contributed by atoms with Crippen molar-refractivity contribution in [2.24, 2.45) is 0 Å². The zero-order chi connectivity index (χ0) is 13.8. The van der Waals surface area contributed by atoms with E-state index in [0.29, 0.717) is 5.69 Å². The number of benzene rings is 1. The average Bonchev–Trinajstić information content (AvgIpc) is 2.76. The number of anilines is 1. The molecule has 0 saturated heterocycles. The van der Waals surface area contributed by atoms with E-state index in [1.165, 1.54) is 36.4 Å². The molecule has 0 bridgehead atoms. The molecule has 1 aromatic carbocycles. The summed E-state index contributed by atoms with van der Waals surface area (Å²) in [6.07, 6.45) is -0.298. The summed E-state index contributed by atoms with van der Waals surface area (Å²) in [5, 5.41) is 11.0. The molecule has 0 aliphatic carbocycles. The third-order valence-electron chi connectivity index (χ3n) is 2.29. The molecule has 0 aliphatic heterocycles. The Hall–Kier alpha value is -2.63. The molecule has 1 heterocycles. The first-order valence-corrected chi connectivity index (χ1v) is 5.42. The van der Waals surface area contributed by atoms with Gasteiger partial charge in [0.15, 0.2) is 5.76 Å². The molecule has 5 nitrogen and oxygen atoms in total. The highest BCUT2D eigenvalue weighted by molar-refractivity contribution is 6.02. The first kappa shape index (κ1) is 12.8. The standard InChI is InChI=1S/C13H10FNO4/c14-8-2-1-3-9(6-8)15-13(18)11-5-4-10(19-11)7-12(16)17/h1-6H,7H2,(H,15,18)(H,16,17). The molecule has 0 atom stereocenters. The van der Waals surface area contributed by atoms with Gasteiger partial charge in [0.2, 0.25) is 0 Å². The van der Waals surface area contributed by atoms with Crippen LogP contribution in [0.25, 0.3) is 0 Å². The smallest absolute Gasteiger partial charge is 0.311 e. The number of hydrogen-bond donors (Lipinski definition) is 2. The quantitative estimate of drug-likeness (QED) is 0.887. The van der Waals surface area contributed by atoms with E-state index in [9.17, 15) is 14.0 Å². The van der Waals surface area contributed by atoms with E-state index in [4.69, 9.17) is 9.52 Å². The second-order valence-electron chi connectivity index (χ2n) is 3.80. The van der Waals surface area contributed by atoms with E-state index in [-0.39, 0.29) is 17.9 Å². The van der Waals surface area contributed by atoms with E-state index in [2.05, 4.69) is 5.32 Å². The lowest BCUT2D eigenvalue weighted by molar-refractivity contribution is -0.136. The van der Waals surface area contributed by atoms with Gasteiger partial charge in [0.1, 0.15) is 18.0 Å². The minimum atomic E-state index is -1.05. The number of halogens is 1. The maximum absolute atomic E-state index is 12.9. The number of hydrogen-bond acceptors (Lipinski definition) is 3. The highest BCUT2D eigenvalue weighted by Gasteiger charge is 2.13.